The van der Waals surface area contributed by atoms with E-state index in [1.807, 2.05) is 30.3 Å². The number of nitriles is 1. The maximum absolute atomic E-state index is 9.97. The molecule has 3 rings (SSSR count). The first-order chi connectivity index (χ1) is 11.2. The molecule has 0 aromatic heterocycles. The van der Waals surface area contributed by atoms with Gasteiger partial charge < -0.3 is 9.84 Å². The molecule has 0 saturated heterocycles. The second-order valence-corrected chi connectivity index (χ2v) is 7.29. The fraction of sp³-hybridized carbons (Fsp3) is 0.650. The van der Waals surface area contributed by atoms with Crippen molar-refractivity contribution in [1.82, 2.24) is 0 Å². The van der Waals surface area contributed by atoms with E-state index in [-0.39, 0.29) is 6.42 Å². The maximum atomic E-state index is 9.97. The van der Waals surface area contributed by atoms with E-state index >= 15 is 0 Å². The molecule has 1 aromatic rings. The van der Waals surface area contributed by atoms with Gasteiger partial charge >= 0.3 is 0 Å². The first-order valence-corrected chi connectivity index (χ1v) is 9.01. The van der Waals surface area contributed by atoms with Crippen LogP contribution in [0.2, 0.25) is 0 Å². The Labute approximate surface area is 139 Å². The Morgan fingerprint density at radius 1 is 1.22 bits per heavy atom. The Morgan fingerprint density at radius 3 is 2.61 bits per heavy atom. The summed E-state index contributed by atoms with van der Waals surface area (Å²) in [5, 5.41) is 18.7. The van der Waals surface area contributed by atoms with E-state index in [1.54, 1.807) is 0 Å². The molecular weight excluding hydrogens is 286 g/mol. The number of aliphatic hydroxyl groups excluding tert-OH is 1. The fourth-order valence-electron chi connectivity index (χ4n) is 4.04. The van der Waals surface area contributed by atoms with Gasteiger partial charge in [0.25, 0.3) is 0 Å². The van der Waals surface area contributed by atoms with Crippen LogP contribution in [0.3, 0.4) is 0 Å². The SMILES string of the molecule is N#CCC(O)c1cccc(OCC2(C3CC3)CCCCCC2)c1. The van der Waals surface area contributed by atoms with E-state index < -0.39 is 6.10 Å². The molecule has 23 heavy (non-hydrogen) atoms. The largest absolute Gasteiger partial charge is 0.493 e. The summed E-state index contributed by atoms with van der Waals surface area (Å²) in [6.07, 6.45) is 10.1. The van der Waals surface area contributed by atoms with Crippen molar-refractivity contribution in [3.05, 3.63) is 29.8 Å². The van der Waals surface area contributed by atoms with E-state index in [1.165, 1.54) is 51.4 Å². The molecule has 1 unspecified atom stereocenters. The molecule has 0 aliphatic heterocycles. The van der Waals surface area contributed by atoms with Crippen LogP contribution in [0, 0.1) is 22.7 Å². The van der Waals surface area contributed by atoms with Crippen molar-refractivity contribution in [2.75, 3.05) is 6.61 Å². The van der Waals surface area contributed by atoms with Gasteiger partial charge in [0, 0.05) is 5.41 Å². The molecule has 0 spiro atoms. The van der Waals surface area contributed by atoms with Gasteiger partial charge in [-0.3, -0.25) is 0 Å². The van der Waals surface area contributed by atoms with E-state index in [0.29, 0.717) is 5.41 Å². The highest BCUT2D eigenvalue weighted by atomic mass is 16.5. The number of benzene rings is 1. The molecule has 1 atom stereocenters. The minimum Gasteiger partial charge on any atom is -0.493 e. The van der Waals surface area contributed by atoms with Crippen LogP contribution in [-0.4, -0.2) is 11.7 Å². The van der Waals surface area contributed by atoms with Crippen LogP contribution in [0.1, 0.15) is 69.5 Å². The number of aliphatic hydroxyl groups is 1. The summed E-state index contributed by atoms with van der Waals surface area (Å²) in [5.74, 6) is 1.68. The van der Waals surface area contributed by atoms with Crippen molar-refractivity contribution in [1.29, 1.82) is 5.26 Å². The number of ether oxygens (including phenoxy) is 1. The zero-order valence-corrected chi connectivity index (χ0v) is 13.8. The monoisotopic (exact) mass is 313 g/mol. The molecule has 0 amide bonds. The van der Waals surface area contributed by atoms with Crippen LogP contribution in [0.25, 0.3) is 0 Å². The molecule has 2 saturated carbocycles. The summed E-state index contributed by atoms with van der Waals surface area (Å²) in [6.45, 7) is 0.801. The molecule has 0 bridgehead atoms. The van der Waals surface area contributed by atoms with Gasteiger partial charge in [-0.05, 0) is 49.3 Å². The summed E-state index contributed by atoms with van der Waals surface area (Å²) in [5.41, 5.74) is 1.14. The van der Waals surface area contributed by atoms with Gasteiger partial charge in [-0.1, -0.05) is 37.8 Å². The molecule has 2 aliphatic rings. The summed E-state index contributed by atoms with van der Waals surface area (Å²) >= 11 is 0. The lowest BCUT2D eigenvalue weighted by Crippen LogP contribution is -2.30. The predicted molar refractivity (Wildman–Crippen MR) is 90.0 cm³/mol. The van der Waals surface area contributed by atoms with Gasteiger partial charge in [0.05, 0.1) is 25.2 Å². The van der Waals surface area contributed by atoms with Crippen molar-refractivity contribution in [3.63, 3.8) is 0 Å². The van der Waals surface area contributed by atoms with E-state index in [2.05, 4.69) is 0 Å². The highest BCUT2D eigenvalue weighted by molar-refractivity contribution is 5.30. The second-order valence-electron chi connectivity index (χ2n) is 7.29. The number of rotatable bonds is 6. The Morgan fingerprint density at radius 2 is 1.96 bits per heavy atom. The summed E-state index contributed by atoms with van der Waals surface area (Å²) in [4.78, 5) is 0. The van der Waals surface area contributed by atoms with E-state index in [0.717, 1.165) is 23.8 Å². The van der Waals surface area contributed by atoms with Crippen molar-refractivity contribution in [2.45, 2.75) is 63.9 Å². The third kappa shape index (κ3) is 4.06. The topological polar surface area (TPSA) is 53.2 Å². The molecule has 3 nitrogen and oxygen atoms in total. The minimum absolute atomic E-state index is 0.121. The van der Waals surface area contributed by atoms with Crippen LogP contribution in [0.5, 0.6) is 5.75 Å². The molecule has 124 valence electrons. The summed E-state index contributed by atoms with van der Waals surface area (Å²) in [7, 11) is 0. The Balaban J connectivity index is 1.66. The Kier molecular flexibility index (Phi) is 5.23. The minimum atomic E-state index is -0.723. The molecule has 2 aliphatic carbocycles. The van der Waals surface area contributed by atoms with Crippen molar-refractivity contribution < 1.29 is 9.84 Å². The van der Waals surface area contributed by atoms with Crippen LogP contribution >= 0.6 is 0 Å². The fourth-order valence-corrected chi connectivity index (χ4v) is 4.04. The predicted octanol–water partition coefficient (Wildman–Crippen LogP) is 4.76. The van der Waals surface area contributed by atoms with Crippen LogP contribution in [-0.2, 0) is 0 Å². The first kappa shape index (κ1) is 16.3. The molecule has 2 fully saturated rings. The highest BCUT2D eigenvalue weighted by Gasteiger charge is 2.45. The molecule has 1 N–H and O–H groups in total. The quantitative estimate of drug-likeness (QED) is 0.770. The average molecular weight is 313 g/mol. The Hall–Kier alpha value is -1.53. The van der Waals surface area contributed by atoms with Crippen LogP contribution < -0.4 is 4.74 Å². The lowest BCUT2D eigenvalue weighted by molar-refractivity contribution is 0.0990. The van der Waals surface area contributed by atoms with Gasteiger partial charge in [-0.15, -0.1) is 0 Å². The second kappa shape index (κ2) is 7.36. The number of nitrogens with zero attached hydrogens (tertiary/aromatic N) is 1. The summed E-state index contributed by atoms with van der Waals surface area (Å²) < 4.78 is 6.18. The maximum Gasteiger partial charge on any atom is 0.119 e. The van der Waals surface area contributed by atoms with Crippen molar-refractivity contribution >= 4 is 0 Å². The average Bonchev–Trinajstić information content (AvgIpc) is 3.41. The van der Waals surface area contributed by atoms with Gasteiger partial charge in [-0.2, -0.15) is 5.26 Å². The van der Waals surface area contributed by atoms with E-state index in [9.17, 15) is 5.11 Å². The zero-order chi connectivity index (χ0) is 16.1. The van der Waals surface area contributed by atoms with Gasteiger partial charge in [0.1, 0.15) is 5.75 Å². The van der Waals surface area contributed by atoms with Crippen molar-refractivity contribution in [3.8, 4) is 11.8 Å². The lowest BCUT2D eigenvalue weighted by atomic mass is 9.76. The lowest BCUT2D eigenvalue weighted by Gasteiger charge is -2.33. The Bertz CT molecular complexity index is 551. The number of hydrogen-bond donors (Lipinski definition) is 1. The first-order valence-electron chi connectivity index (χ1n) is 9.01. The molecule has 1 aromatic carbocycles. The standard InChI is InChI=1S/C20H27NO2/c21-13-10-19(22)16-6-5-7-18(14-16)23-15-20(17-8-9-17)11-3-1-2-4-12-20/h5-7,14,17,19,22H,1-4,8-12,15H2. The normalized spacial score (nSPS) is 21.9. The van der Waals surface area contributed by atoms with Gasteiger partial charge in [0.15, 0.2) is 0 Å². The van der Waals surface area contributed by atoms with Gasteiger partial charge in [-0.25, -0.2) is 0 Å². The third-order valence-electron chi connectivity index (χ3n) is 5.60. The smallest absolute Gasteiger partial charge is 0.119 e. The highest BCUT2D eigenvalue weighted by Crippen LogP contribution is 2.53. The molecule has 0 radical (unpaired) electrons. The van der Waals surface area contributed by atoms with E-state index in [4.69, 9.17) is 10.00 Å². The van der Waals surface area contributed by atoms with Crippen molar-refractivity contribution in [2.24, 2.45) is 11.3 Å². The van der Waals surface area contributed by atoms with Crippen LogP contribution in [0.4, 0.5) is 0 Å². The zero-order valence-electron chi connectivity index (χ0n) is 13.8. The molecular formula is C20H27NO2. The van der Waals surface area contributed by atoms with Crippen LogP contribution in [0.15, 0.2) is 24.3 Å². The number of hydrogen-bond acceptors (Lipinski definition) is 3. The molecule has 3 heteroatoms. The molecule has 0 heterocycles. The van der Waals surface area contributed by atoms with Gasteiger partial charge in [0.2, 0.25) is 0 Å². The summed E-state index contributed by atoms with van der Waals surface area (Å²) in [6, 6.07) is 9.62. The third-order valence-corrected chi connectivity index (χ3v) is 5.60.